The summed E-state index contributed by atoms with van der Waals surface area (Å²) in [5.74, 6) is 2.20. The van der Waals surface area contributed by atoms with Gasteiger partial charge in [-0.2, -0.15) is 14.9 Å². The number of H-pyrrole nitrogens is 1. The van der Waals surface area contributed by atoms with Crippen molar-refractivity contribution in [1.82, 2.24) is 14.9 Å². The van der Waals surface area contributed by atoms with E-state index in [9.17, 15) is 0 Å². The lowest BCUT2D eigenvalue weighted by Gasteiger charge is -2.19. The van der Waals surface area contributed by atoms with Crippen LogP contribution < -0.4 is 0 Å². The van der Waals surface area contributed by atoms with E-state index in [4.69, 9.17) is 16.6 Å². The summed E-state index contributed by atoms with van der Waals surface area (Å²) in [6, 6.07) is 3.74. The van der Waals surface area contributed by atoms with Gasteiger partial charge in [0.25, 0.3) is 0 Å². The number of nitrogens with one attached hydrogen (secondary N) is 1. The van der Waals surface area contributed by atoms with E-state index in [2.05, 4.69) is 15.3 Å². The van der Waals surface area contributed by atoms with Crippen molar-refractivity contribution in [1.29, 1.82) is 0 Å². The highest BCUT2D eigenvalue weighted by atomic mass is 32.1. The molecule has 2 heterocycles. The molecule has 1 fully saturated rings. The fourth-order valence-corrected chi connectivity index (χ4v) is 2.86. The molecule has 0 radical (unpaired) electrons. The highest BCUT2D eigenvalue weighted by Gasteiger charge is 2.21. The molecule has 3 rings (SSSR count). The van der Waals surface area contributed by atoms with Gasteiger partial charge in [0.15, 0.2) is 5.82 Å². The maximum atomic E-state index is 5.26. The van der Waals surface area contributed by atoms with Crippen LogP contribution in [0.5, 0.6) is 0 Å². The minimum atomic E-state index is 0.456. The van der Waals surface area contributed by atoms with Crippen molar-refractivity contribution in [3.63, 3.8) is 0 Å². The molecule has 0 aromatic carbocycles. The van der Waals surface area contributed by atoms with Crippen molar-refractivity contribution in [2.45, 2.75) is 38.0 Å². The number of rotatable bonds is 4. The smallest absolute Gasteiger partial charge is 0.216 e. The van der Waals surface area contributed by atoms with Crippen molar-refractivity contribution in [2.75, 3.05) is 0 Å². The second kappa shape index (κ2) is 6.67. The van der Waals surface area contributed by atoms with Gasteiger partial charge in [0.05, 0.1) is 6.26 Å². The summed E-state index contributed by atoms with van der Waals surface area (Å²) >= 11 is 5.26. The fourth-order valence-electron chi connectivity index (χ4n) is 2.67. The number of hydrogen-bond donors (Lipinski definition) is 1. The molecule has 1 aliphatic carbocycles. The van der Waals surface area contributed by atoms with Crippen molar-refractivity contribution in [3.8, 4) is 0 Å². The van der Waals surface area contributed by atoms with Crippen LogP contribution >= 0.6 is 12.2 Å². The molecule has 1 aliphatic rings. The summed E-state index contributed by atoms with van der Waals surface area (Å²) in [6.45, 7) is 0. The van der Waals surface area contributed by atoms with Crippen LogP contribution in [0.1, 0.15) is 49.6 Å². The van der Waals surface area contributed by atoms with Gasteiger partial charge in [-0.05, 0) is 49.3 Å². The topological polar surface area (TPSA) is 59.1 Å². The van der Waals surface area contributed by atoms with Crippen LogP contribution in [0.2, 0.25) is 0 Å². The molecule has 2 aromatic heterocycles. The quantitative estimate of drug-likeness (QED) is 0.682. The third kappa shape index (κ3) is 3.39. The van der Waals surface area contributed by atoms with Gasteiger partial charge < -0.3 is 4.42 Å². The molecule has 0 unspecified atom stereocenters. The first-order valence-corrected chi connectivity index (χ1v) is 7.67. The standard InChI is InChI=1S/C15H18N4OS/c21-15-18-17-14(12-6-2-1-3-7-12)19(15)16-10-4-8-13-9-5-11-20-13/h4-5,8-12H,1-3,6-7H2,(H,18,21)/b8-4+,16-10+. The van der Waals surface area contributed by atoms with Crippen LogP contribution in [0.15, 0.2) is 34.0 Å². The molecule has 0 bridgehead atoms. The first kappa shape index (κ1) is 14.0. The summed E-state index contributed by atoms with van der Waals surface area (Å²) in [4.78, 5) is 0. The van der Waals surface area contributed by atoms with Crippen LogP contribution in [-0.2, 0) is 0 Å². The monoisotopic (exact) mass is 302 g/mol. The van der Waals surface area contributed by atoms with E-state index in [-0.39, 0.29) is 0 Å². The Bertz CT molecular complexity index is 675. The highest BCUT2D eigenvalue weighted by molar-refractivity contribution is 7.71. The Morgan fingerprint density at radius 1 is 1.38 bits per heavy atom. The van der Waals surface area contributed by atoms with E-state index in [0.717, 1.165) is 24.4 Å². The number of aromatic nitrogens is 3. The molecule has 1 N–H and O–H groups in total. The lowest BCUT2D eigenvalue weighted by Crippen LogP contribution is -2.10. The molecule has 1 saturated carbocycles. The Morgan fingerprint density at radius 2 is 2.24 bits per heavy atom. The zero-order valence-electron chi connectivity index (χ0n) is 11.7. The van der Waals surface area contributed by atoms with Gasteiger partial charge >= 0.3 is 0 Å². The zero-order valence-corrected chi connectivity index (χ0v) is 12.6. The minimum Gasteiger partial charge on any atom is -0.465 e. The maximum absolute atomic E-state index is 5.26. The van der Waals surface area contributed by atoms with Crippen LogP contribution in [0.3, 0.4) is 0 Å². The zero-order chi connectivity index (χ0) is 14.5. The fraction of sp³-hybridized carbons (Fsp3) is 0.400. The normalized spacial score (nSPS) is 17.1. The first-order chi connectivity index (χ1) is 10.3. The molecule has 110 valence electrons. The number of nitrogens with zero attached hydrogens (tertiary/aromatic N) is 3. The number of allylic oxidation sites excluding steroid dienone is 1. The van der Waals surface area contributed by atoms with E-state index in [1.165, 1.54) is 19.3 Å². The summed E-state index contributed by atoms with van der Waals surface area (Å²) in [5, 5.41) is 11.6. The molecule has 0 spiro atoms. The second-order valence-corrected chi connectivity index (χ2v) is 5.56. The van der Waals surface area contributed by atoms with E-state index in [1.54, 1.807) is 17.2 Å². The first-order valence-electron chi connectivity index (χ1n) is 7.26. The van der Waals surface area contributed by atoms with Crippen LogP contribution in [0.25, 0.3) is 6.08 Å². The third-order valence-corrected chi connectivity index (χ3v) is 3.98. The summed E-state index contributed by atoms with van der Waals surface area (Å²) < 4.78 is 7.49. The Kier molecular flexibility index (Phi) is 4.45. The van der Waals surface area contributed by atoms with Gasteiger partial charge in [0, 0.05) is 12.1 Å². The van der Waals surface area contributed by atoms with Crippen molar-refractivity contribution >= 4 is 24.5 Å². The third-order valence-electron chi connectivity index (χ3n) is 3.72. The Balaban J connectivity index is 1.75. The molecule has 0 atom stereocenters. The second-order valence-electron chi connectivity index (χ2n) is 5.17. The molecule has 21 heavy (non-hydrogen) atoms. The molecule has 6 heteroatoms. The van der Waals surface area contributed by atoms with Gasteiger partial charge in [-0.3, -0.25) is 5.10 Å². The Labute approximate surface area is 128 Å². The molecular weight excluding hydrogens is 284 g/mol. The van der Waals surface area contributed by atoms with E-state index in [1.807, 2.05) is 24.3 Å². The lowest BCUT2D eigenvalue weighted by atomic mass is 9.89. The molecule has 2 aromatic rings. The van der Waals surface area contributed by atoms with Gasteiger partial charge in [-0.1, -0.05) is 19.3 Å². The largest absolute Gasteiger partial charge is 0.465 e. The summed E-state index contributed by atoms with van der Waals surface area (Å²) in [7, 11) is 0. The van der Waals surface area contributed by atoms with Crippen LogP contribution in [-0.4, -0.2) is 21.1 Å². The van der Waals surface area contributed by atoms with Crippen molar-refractivity contribution < 1.29 is 4.42 Å². The Hall–Kier alpha value is -1.95. The Morgan fingerprint density at radius 3 is 3.00 bits per heavy atom. The predicted octanol–water partition coefficient (Wildman–Crippen LogP) is 4.13. The van der Waals surface area contributed by atoms with Gasteiger partial charge in [-0.15, -0.1) is 0 Å². The van der Waals surface area contributed by atoms with Crippen LogP contribution in [0, 0.1) is 4.77 Å². The molecule has 0 aliphatic heterocycles. The van der Waals surface area contributed by atoms with Crippen molar-refractivity contribution in [3.05, 3.63) is 40.8 Å². The average Bonchev–Trinajstić information content (AvgIpc) is 3.15. The summed E-state index contributed by atoms with van der Waals surface area (Å²) in [6.07, 6.45) is 13.2. The van der Waals surface area contributed by atoms with E-state index < -0.39 is 0 Å². The average molecular weight is 302 g/mol. The molecule has 0 saturated heterocycles. The summed E-state index contributed by atoms with van der Waals surface area (Å²) in [5.41, 5.74) is 0. The highest BCUT2D eigenvalue weighted by Crippen LogP contribution is 2.31. The van der Waals surface area contributed by atoms with Crippen molar-refractivity contribution in [2.24, 2.45) is 5.10 Å². The molecular formula is C15H18N4OS. The van der Waals surface area contributed by atoms with Gasteiger partial charge in [-0.25, -0.2) is 0 Å². The predicted molar refractivity (Wildman–Crippen MR) is 84.9 cm³/mol. The molecule has 5 nitrogen and oxygen atoms in total. The van der Waals surface area contributed by atoms with Gasteiger partial charge in [0.1, 0.15) is 5.76 Å². The number of aromatic amines is 1. The van der Waals surface area contributed by atoms with E-state index in [0.29, 0.717) is 10.7 Å². The SMILES string of the molecule is S=c1[nH]nc(C2CCCCC2)n1/N=C/C=C/c1ccco1. The van der Waals surface area contributed by atoms with E-state index >= 15 is 0 Å². The number of furan rings is 1. The maximum Gasteiger partial charge on any atom is 0.216 e. The lowest BCUT2D eigenvalue weighted by molar-refractivity contribution is 0.419. The van der Waals surface area contributed by atoms with Gasteiger partial charge in [0.2, 0.25) is 4.77 Å². The number of hydrogen-bond acceptors (Lipinski definition) is 4. The van der Waals surface area contributed by atoms with Crippen LogP contribution in [0.4, 0.5) is 0 Å². The molecule has 0 amide bonds. The minimum absolute atomic E-state index is 0.456.